The van der Waals surface area contributed by atoms with Crippen molar-refractivity contribution in [2.75, 3.05) is 0 Å². The van der Waals surface area contributed by atoms with Crippen molar-refractivity contribution in [3.8, 4) is 28.3 Å². The number of nitrogens with zero attached hydrogens (tertiary/aromatic N) is 4. The first-order valence-electron chi connectivity index (χ1n) is 17.0. The first-order valence-corrected chi connectivity index (χ1v) is 17.0. The molecule has 10 rings (SSSR count). The van der Waals surface area contributed by atoms with Gasteiger partial charge in [-0.3, -0.25) is 4.98 Å². The molecule has 238 valence electrons. The van der Waals surface area contributed by atoms with Crippen molar-refractivity contribution in [1.82, 2.24) is 14.1 Å². The van der Waals surface area contributed by atoms with Gasteiger partial charge in [0.25, 0.3) is 6.33 Å². The third-order valence-corrected chi connectivity index (χ3v) is 10.1. The second-order valence-corrected chi connectivity index (χ2v) is 13.3. The fourth-order valence-electron chi connectivity index (χ4n) is 8.12. The second kappa shape index (κ2) is 10.8. The molecule has 5 heteroatoms. The molecule has 0 unspecified atom stereocenters. The van der Waals surface area contributed by atoms with E-state index in [1.54, 1.807) is 0 Å². The molecule has 0 saturated heterocycles. The van der Waals surface area contributed by atoms with Gasteiger partial charge in [-0.25, -0.2) is 0 Å². The molecule has 5 nitrogen and oxygen atoms in total. The zero-order valence-electron chi connectivity index (χ0n) is 28.1. The Morgan fingerprint density at radius 2 is 1.38 bits per heavy atom. The van der Waals surface area contributed by atoms with Crippen LogP contribution >= 0.6 is 0 Å². The highest BCUT2D eigenvalue weighted by Gasteiger charge is 2.23. The second-order valence-electron chi connectivity index (χ2n) is 13.3. The van der Waals surface area contributed by atoms with Crippen molar-refractivity contribution in [3.05, 3.63) is 163 Å². The van der Waals surface area contributed by atoms with Crippen LogP contribution in [0.15, 0.2) is 150 Å². The van der Waals surface area contributed by atoms with Crippen molar-refractivity contribution in [2.45, 2.75) is 20.8 Å². The molecular formula is C45H33N4O+. The normalized spacial score (nSPS) is 11.9. The third kappa shape index (κ3) is 4.20. The van der Waals surface area contributed by atoms with E-state index in [1.807, 2.05) is 24.4 Å². The summed E-state index contributed by atoms with van der Waals surface area (Å²) in [6.45, 7) is 6.57. The number of furan rings is 1. The topological polar surface area (TPSA) is 39.8 Å². The van der Waals surface area contributed by atoms with Crippen LogP contribution in [0.25, 0.3) is 83.1 Å². The van der Waals surface area contributed by atoms with Gasteiger partial charge < -0.3 is 8.98 Å². The van der Waals surface area contributed by atoms with Gasteiger partial charge >= 0.3 is 0 Å². The van der Waals surface area contributed by atoms with Crippen molar-refractivity contribution < 1.29 is 8.98 Å². The molecule has 10 aromatic rings. The lowest BCUT2D eigenvalue weighted by atomic mass is 10.0. The molecule has 0 saturated carbocycles. The zero-order valence-corrected chi connectivity index (χ0v) is 28.1. The average molecular weight is 646 g/mol. The molecule has 0 aliphatic heterocycles. The van der Waals surface area contributed by atoms with E-state index < -0.39 is 0 Å². The predicted molar refractivity (Wildman–Crippen MR) is 204 cm³/mol. The van der Waals surface area contributed by atoms with E-state index in [4.69, 9.17) is 9.40 Å². The van der Waals surface area contributed by atoms with Gasteiger partial charge in [0.15, 0.2) is 11.0 Å². The SMILES string of the molecule is Cc1cc(C)c(-[n+]2cn(-c3cccc(-n4c5cc(-c6ccccn6)ccc5c5c6c(ccc54)oc4ccccc46)c3)c3ccccc32)c(C)c1. The highest BCUT2D eigenvalue weighted by Crippen LogP contribution is 2.42. The Balaban J connectivity index is 1.25. The average Bonchev–Trinajstić information content (AvgIpc) is 3.81. The number of pyridine rings is 1. The summed E-state index contributed by atoms with van der Waals surface area (Å²) in [7, 11) is 0. The molecule has 6 aromatic carbocycles. The smallest absolute Gasteiger partial charge is 0.255 e. The zero-order chi connectivity index (χ0) is 33.5. The predicted octanol–water partition coefficient (Wildman–Crippen LogP) is 10.9. The molecular weight excluding hydrogens is 613 g/mol. The maximum absolute atomic E-state index is 6.37. The Morgan fingerprint density at radius 1 is 0.580 bits per heavy atom. The molecule has 0 atom stereocenters. The monoisotopic (exact) mass is 645 g/mol. The third-order valence-electron chi connectivity index (χ3n) is 10.1. The van der Waals surface area contributed by atoms with E-state index in [2.05, 4.69) is 156 Å². The van der Waals surface area contributed by atoms with Crippen LogP contribution in [0.4, 0.5) is 0 Å². The van der Waals surface area contributed by atoms with Crippen molar-refractivity contribution in [1.29, 1.82) is 0 Å². The molecule has 0 spiro atoms. The number of rotatable bonds is 4. The van der Waals surface area contributed by atoms with Gasteiger partial charge in [0.2, 0.25) is 0 Å². The quantitative estimate of drug-likeness (QED) is 0.179. The number of aromatic nitrogens is 4. The number of benzene rings is 6. The molecule has 4 heterocycles. The minimum atomic E-state index is 0.894. The number of aryl methyl sites for hydroxylation is 3. The summed E-state index contributed by atoms with van der Waals surface area (Å²) in [6.07, 6.45) is 4.09. The molecule has 0 radical (unpaired) electrons. The molecule has 0 N–H and O–H groups in total. The van der Waals surface area contributed by atoms with E-state index in [0.717, 1.165) is 61.1 Å². The van der Waals surface area contributed by atoms with Crippen molar-refractivity contribution in [3.63, 3.8) is 0 Å². The largest absolute Gasteiger partial charge is 0.456 e. The standard InChI is InChI=1S/C45H33N4O/c1-28-23-29(2)45(30(3)24-28)48-27-47(37-15-5-6-16-38(37)48)32-11-10-12-33(26-32)49-39-20-21-42-44(35-13-4-7-17-41(35)50-42)43(39)34-19-18-31(25-40(34)49)36-14-8-9-22-46-36/h4-27H,1-3H3/q+1. The van der Waals surface area contributed by atoms with Crippen LogP contribution in [-0.4, -0.2) is 14.1 Å². The molecule has 4 aromatic heterocycles. The molecule has 0 fully saturated rings. The van der Waals surface area contributed by atoms with Gasteiger partial charge in [0, 0.05) is 39.4 Å². The van der Waals surface area contributed by atoms with Gasteiger partial charge in [-0.1, -0.05) is 72.3 Å². The summed E-state index contributed by atoms with van der Waals surface area (Å²) in [4.78, 5) is 4.69. The maximum atomic E-state index is 6.37. The number of para-hydroxylation sites is 3. The molecule has 0 aliphatic rings. The fraction of sp³-hybridized carbons (Fsp3) is 0.0667. The summed E-state index contributed by atoms with van der Waals surface area (Å²) < 4.78 is 13.4. The van der Waals surface area contributed by atoms with Crippen LogP contribution in [0.2, 0.25) is 0 Å². The fourth-order valence-corrected chi connectivity index (χ4v) is 8.12. The van der Waals surface area contributed by atoms with E-state index in [-0.39, 0.29) is 0 Å². The van der Waals surface area contributed by atoms with Crippen LogP contribution < -0.4 is 4.57 Å². The summed E-state index contributed by atoms with van der Waals surface area (Å²) in [6, 6.07) is 47.5. The molecule has 0 amide bonds. The lowest BCUT2D eigenvalue weighted by Crippen LogP contribution is -2.31. The van der Waals surface area contributed by atoms with Gasteiger partial charge in [-0.15, -0.1) is 0 Å². The van der Waals surface area contributed by atoms with Crippen molar-refractivity contribution in [2.24, 2.45) is 0 Å². The lowest BCUT2D eigenvalue weighted by Gasteiger charge is -2.10. The highest BCUT2D eigenvalue weighted by molar-refractivity contribution is 6.27. The van der Waals surface area contributed by atoms with E-state index in [1.165, 1.54) is 38.7 Å². The van der Waals surface area contributed by atoms with Gasteiger partial charge in [-0.2, -0.15) is 9.13 Å². The van der Waals surface area contributed by atoms with Gasteiger partial charge in [0.1, 0.15) is 22.5 Å². The van der Waals surface area contributed by atoms with Gasteiger partial charge in [0.05, 0.1) is 22.4 Å². The van der Waals surface area contributed by atoms with E-state index in [9.17, 15) is 0 Å². The first kappa shape index (κ1) is 28.5. The highest BCUT2D eigenvalue weighted by atomic mass is 16.3. The number of imidazole rings is 1. The first-order chi connectivity index (χ1) is 24.5. The van der Waals surface area contributed by atoms with Crippen LogP contribution in [0.3, 0.4) is 0 Å². The Kier molecular flexibility index (Phi) is 6.15. The van der Waals surface area contributed by atoms with Crippen LogP contribution in [0.5, 0.6) is 0 Å². The molecule has 0 aliphatic carbocycles. The van der Waals surface area contributed by atoms with Crippen LogP contribution in [0, 0.1) is 20.8 Å². The summed E-state index contributed by atoms with van der Waals surface area (Å²) >= 11 is 0. The van der Waals surface area contributed by atoms with Crippen LogP contribution in [0.1, 0.15) is 16.7 Å². The van der Waals surface area contributed by atoms with E-state index in [0.29, 0.717) is 0 Å². The number of hydrogen-bond donors (Lipinski definition) is 0. The summed E-state index contributed by atoms with van der Waals surface area (Å²) in [5, 5.41) is 4.64. The van der Waals surface area contributed by atoms with Crippen molar-refractivity contribution >= 4 is 54.8 Å². The Labute approximate surface area is 288 Å². The molecule has 50 heavy (non-hydrogen) atoms. The van der Waals surface area contributed by atoms with Gasteiger partial charge in [-0.05, 0) is 92.6 Å². The Morgan fingerprint density at radius 3 is 2.24 bits per heavy atom. The lowest BCUT2D eigenvalue weighted by molar-refractivity contribution is -0.568. The van der Waals surface area contributed by atoms with Crippen LogP contribution in [-0.2, 0) is 0 Å². The Bertz CT molecular complexity index is 2940. The summed E-state index contributed by atoms with van der Waals surface area (Å²) in [5.41, 5.74) is 15.6. The summed E-state index contributed by atoms with van der Waals surface area (Å²) in [5.74, 6) is 0. The minimum absolute atomic E-state index is 0.894. The van der Waals surface area contributed by atoms with E-state index >= 15 is 0 Å². The minimum Gasteiger partial charge on any atom is -0.456 e. The Hall–Kier alpha value is -6.46. The molecule has 0 bridgehead atoms. The number of hydrogen-bond acceptors (Lipinski definition) is 2. The number of fused-ring (bicyclic) bond motifs is 8. The maximum Gasteiger partial charge on any atom is 0.255 e.